The van der Waals surface area contributed by atoms with Crippen LogP contribution in [0.1, 0.15) is 33.6 Å². The molecule has 6 nitrogen and oxygen atoms in total. The van der Waals surface area contributed by atoms with Gasteiger partial charge in [0.1, 0.15) is 5.75 Å². The summed E-state index contributed by atoms with van der Waals surface area (Å²) in [6.45, 7) is 7.30. The third-order valence-electron chi connectivity index (χ3n) is 3.89. The van der Waals surface area contributed by atoms with E-state index < -0.39 is 4.92 Å². The lowest BCUT2D eigenvalue weighted by atomic mass is 9.94. The van der Waals surface area contributed by atoms with Gasteiger partial charge in [-0.2, -0.15) is 0 Å². The molecule has 0 aliphatic carbocycles. The largest absolute Gasteiger partial charge is 0.493 e. The molecule has 0 amide bonds. The van der Waals surface area contributed by atoms with Gasteiger partial charge in [-0.05, 0) is 26.7 Å². The molecule has 0 saturated carbocycles. The van der Waals surface area contributed by atoms with Crippen molar-refractivity contribution in [2.45, 2.75) is 45.3 Å². The van der Waals surface area contributed by atoms with Gasteiger partial charge in [0.15, 0.2) is 0 Å². The summed E-state index contributed by atoms with van der Waals surface area (Å²) >= 11 is 0. The summed E-state index contributed by atoms with van der Waals surface area (Å²) in [6.07, 6.45) is 1.77. The number of nitrogens with zero attached hydrogens (tertiary/aromatic N) is 1. The van der Waals surface area contributed by atoms with E-state index in [0.29, 0.717) is 24.7 Å². The van der Waals surface area contributed by atoms with Gasteiger partial charge in [-0.1, -0.05) is 6.92 Å². The predicted octanol–water partition coefficient (Wildman–Crippen LogP) is 3.36. The first-order chi connectivity index (χ1) is 9.94. The van der Waals surface area contributed by atoms with Crippen LogP contribution in [0.25, 0.3) is 0 Å². The Labute approximate surface area is 124 Å². The molecule has 0 radical (unpaired) electrons. The van der Waals surface area contributed by atoms with E-state index in [1.165, 1.54) is 12.1 Å². The third-order valence-corrected chi connectivity index (χ3v) is 3.89. The molecule has 1 saturated heterocycles. The van der Waals surface area contributed by atoms with Crippen LogP contribution in [-0.2, 0) is 4.74 Å². The number of nitro groups is 1. The normalized spacial score (nSPS) is 24.8. The Morgan fingerprint density at radius 2 is 2.29 bits per heavy atom. The highest BCUT2D eigenvalue weighted by Crippen LogP contribution is 2.33. The molecule has 21 heavy (non-hydrogen) atoms. The van der Waals surface area contributed by atoms with Gasteiger partial charge in [0.2, 0.25) is 0 Å². The van der Waals surface area contributed by atoms with Crippen LogP contribution in [0.15, 0.2) is 18.2 Å². The second-order valence-corrected chi connectivity index (χ2v) is 5.63. The molecular formula is C15H22N2O4. The van der Waals surface area contributed by atoms with E-state index in [0.717, 1.165) is 12.8 Å². The molecule has 0 aromatic heterocycles. The highest BCUT2D eigenvalue weighted by Gasteiger charge is 2.37. The number of hydrogen-bond acceptors (Lipinski definition) is 5. The van der Waals surface area contributed by atoms with E-state index in [-0.39, 0.29) is 17.3 Å². The SMILES string of the molecule is CCCOc1cc(NC2(C)CCOC2C)cc([N+](=O)[O-])c1. The smallest absolute Gasteiger partial charge is 0.275 e. The summed E-state index contributed by atoms with van der Waals surface area (Å²) < 4.78 is 11.1. The first-order valence-corrected chi connectivity index (χ1v) is 7.26. The fourth-order valence-electron chi connectivity index (χ4n) is 2.39. The van der Waals surface area contributed by atoms with E-state index in [4.69, 9.17) is 9.47 Å². The van der Waals surface area contributed by atoms with Crippen LogP contribution in [0.2, 0.25) is 0 Å². The molecule has 2 atom stereocenters. The number of ether oxygens (including phenoxy) is 2. The van der Waals surface area contributed by atoms with Crippen LogP contribution < -0.4 is 10.1 Å². The molecule has 1 fully saturated rings. The minimum Gasteiger partial charge on any atom is -0.493 e. The highest BCUT2D eigenvalue weighted by atomic mass is 16.6. The van der Waals surface area contributed by atoms with Crippen LogP contribution in [0.5, 0.6) is 5.75 Å². The quantitative estimate of drug-likeness (QED) is 0.643. The first-order valence-electron chi connectivity index (χ1n) is 7.26. The van der Waals surface area contributed by atoms with Gasteiger partial charge >= 0.3 is 0 Å². The minimum absolute atomic E-state index is 0.0290. The molecule has 6 heteroatoms. The number of benzene rings is 1. The van der Waals surface area contributed by atoms with Gasteiger partial charge in [-0.3, -0.25) is 10.1 Å². The van der Waals surface area contributed by atoms with Gasteiger partial charge in [0.25, 0.3) is 5.69 Å². The molecule has 1 heterocycles. The van der Waals surface area contributed by atoms with E-state index in [1.807, 2.05) is 13.8 Å². The van der Waals surface area contributed by atoms with Gasteiger partial charge in [0.05, 0.1) is 29.2 Å². The molecule has 1 aliphatic heterocycles. The predicted molar refractivity (Wildman–Crippen MR) is 80.9 cm³/mol. The van der Waals surface area contributed by atoms with Crippen molar-refractivity contribution in [2.24, 2.45) is 0 Å². The van der Waals surface area contributed by atoms with Crippen molar-refractivity contribution in [1.29, 1.82) is 0 Å². The van der Waals surface area contributed by atoms with E-state index in [1.54, 1.807) is 6.07 Å². The van der Waals surface area contributed by atoms with Crippen molar-refractivity contribution in [3.8, 4) is 5.75 Å². The molecule has 1 aromatic rings. The Balaban J connectivity index is 2.25. The standard InChI is InChI=1S/C15H22N2O4/c1-4-6-21-14-9-12(8-13(10-14)17(18)19)16-15(3)5-7-20-11(15)2/h8-11,16H,4-7H2,1-3H3. The van der Waals surface area contributed by atoms with Crippen LogP contribution in [-0.4, -0.2) is 29.8 Å². The Hall–Kier alpha value is -1.82. The Kier molecular flexibility index (Phi) is 4.67. The molecular weight excluding hydrogens is 272 g/mol. The van der Waals surface area contributed by atoms with Crippen LogP contribution in [0, 0.1) is 10.1 Å². The highest BCUT2D eigenvalue weighted by molar-refractivity contribution is 5.57. The molecule has 1 aliphatic rings. The lowest BCUT2D eigenvalue weighted by Gasteiger charge is -2.30. The van der Waals surface area contributed by atoms with Crippen molar-refractivity contribution in [1.82, 2.24) is 0 Å². The maximum atomic E-state index is 11.1. The fraction of sp³-hybridized carbons (Fsp3) is 0.600. The Morgan fingerprint density at radius 1 is 1.52 bits per heavy atom. The summed E-state index contributed by atoms with van der Waals surface area (Å²) in [4.78, 5) is 10.7. The molecule has 1 aromatic carbocycles. The second-order valence-electron chi connectivity index (χ2n) is 5.63. The average molecular weight is 294 g/mol. The van der Waals surface area contributed by atoms with Crippen molar-refractivity contribution < 1.29 is 14.4 Å². The molecule has 0 spiro atoms. The zero-order chi connectivity index (χ0) is 15.5. The Bertz CT molecular complexity index is 520. The topological polar surface area (TPSA) is 73.6 Å². The number of nitrogens with one attached hydrogen (secondary N) is 1. The molecule has 116 valence electrons. The van der Waals surface area contributed by atoms with Gasteiger partial charge in [0, 0.05) is 24.4 Å². The van der Waals surface area contributed by atoms with Crippen molar-refractivity contribution >= 4 is 11.4 Å². The van der Waals surface area contributed by atoms with E-state index >= 15 is 0 Å². The molecule has 1 N–H and O–H groups in total. The summed E-state index contributed by atoms with van der Waals surface area (Å²) in [5, 5.41) is 14.4. The molecule has 2 rings (SSSR count). The van der Waals surface area contributed by atoms with Crippen LogP contribution >= 0.6 is 0 Å². The van der Waals surface area contributed by atoms with Crippen LogP contribution in [0.4, 0.5) is 11.4 Å². The second kappa shape index (κ2) is 6.30. The van der Waals surface area contributed by atoms with Crippen molar-refractivity contribution in [2.75, 3.05) is 18.5 Å². The number of anilines is 1. The Morgan fingerprint density at radius 3 is 2.86 bits per heavy atom. The maximum absolute atomic E-state index is 11.1. The summed E-state index contributed by atoms with van der Waals surface area (Å²) in [7, 11) is 0. The van der Waals surface area contributed by atoms with Crippen molar-refractivity contribution in [3.63, 3.8) is 0 Å². The summed E-state index contributed by atoms with van der Waals surface area (Å²) in [5.74, 6) is 0.517. The van der Waals surface area contributed by atoms with Crippen LogP contribution in [0.3, 0.4) is 0 Å². The zero-order valence-corrected chi connectivity index (χ0v) is 12.7. The van der Waals surface area contributed by atoms with E-state index in [9.17, 15) is 10.1 Å². The fourth-order valence-corrected chi connectivity index (χ4v) is 2.39. The zero-order valence-electron chi connectivity index (χ0n) is 12.7. The van der Waals surface area contributed by atoms with E-state index in [2.05, 4.69) is 12.2 Å². The van der Waals surface area contributed by atoms with Gasteiger partial charge in [-0.25, -0.2) is 0 Å². The minimum atomic E-state index is -0.402. The monoisotopic (exact) mass is 294 g/mol. The first kappa shape index (κ1) is 15.6. The van der Waals surface area contributed by atoms with Crippen molar-refractivity contribution in [3.05, 3.63) is 28.3 Å². The average Bonchev–Trinajstić information content (AvgIpc) is 2.75. The van der Waals surface area contributed by atoms with Gasteiger partial charge < -0.3 is 14.8 Å². The number of hydrogen-bond donors (Lipinski definition) is 1. The lowest BCUT2D eigenvalue weighted by Crippen LogP contribution is -2.41. The number of nitro benzene ring substituents is 1. The lowest BCUT2D eigenvalue weighted by molar-refractivity contribution is -0.384. The number of non-ortho nitro benzene ring substituents is 1. The summed E-state index contributed by atoms with van der Waals surface area (Å²) in [6, 6.07) is 4.80. The number of rotatable bonds is 6. The molecule has 0 bridgehead atoms. The van der Waals surface area contributed by atoms with Gasteiger partial charge in [-0.15, -0.1) is 0 Å². The summed E-state index contributed by atoms with van der Waals surface area (Å²) in [5.41, 5.74) is 0.494. The third kappa shape index (κ3) is 3.64. The maximum Gasteiger partial charge on any atom is 0.275 e. The molecule has 2 unspecified atom stereocenters.